The number of hydrogen-bond acceptors (Lipinski definition) is 3. The SMILES string of the molecule is CCC(NCC1CCCC(O)C1)c1ccc(F)cn1. The normalized spacial score (nSPS) is 25.2. The summed E-state index contributed by atoms with van der Waals surface area (Å²) in [4.78, 5) is 4.14. The number of nitrogens with zero attached hydrogens (tertiary/aromatic N) is 1. The van der Waals surface area contributed by atoms with Crippen LogP contribution in [0.25, 0.3) is 0 Å². The van der Waals surface area contributed by atoms with Crippen molar-refractivity contribution < 1.29 is 9.50 Å². The highest BCUT2D eigenvalue weighted by molar-refractivity contribution is 5.09. The van der Waals surface area contributed by atoms with Crippen molar-refractivity contribution in [2.45, 2.75) is 51.2 Å². The van der Waals surface area contributed by atoms with Crippen molar-refractivity contribution in [2.24, 2.45) is 5.92 Å². The Morgan fingerprint density at radius 1 is 1.47 bits per heavy atom. The first-order valence-electron chi connectivity index (χ1n) is 7.22. The lowest BCUT2D eigenvalue weighted by atomic mass is 9.87. The fourth-order valence-corrected chi connectivity index (χ4v) is 2.81. The first-order valence-corrected chi connectivity index (χ1v) is 7.22. The first-order chi connectivity index (χ1) is 9.19. The Hall–Kier alpha value is -1.00. The molecule has 1 fully saturated rings. The van der Waals surface area contributed by atoms with Gasteiger partial charge in [0, 0.05) is 6.04 Å². The third-order valence-electron chi connectivity index (χ3n) is 3.92. The van der Waals surface area contributed by atoms with Crippen LogP contribution in [0.5, 0.6) is 0 Å². The number of aliphatic hydroxyl groups is 1. The Bertz CT molecular complexity index is 382. The van der Waals surface area contributed by atoms with Crippen molar-refractivity contribution in [3.8, 4) is 0 Å². The number of nitrogens with one attached hydrogen (secondary N) is 1. The second kappa shape index (κ2) is 6.96. The minimum atomic E-state index is -0.297. The van der Waals surface area contributed by atoms with E-state index in [4.69, 9.17) is 0 Å². The lowest BCUT2D eigenvalue weighted by Gasteiger charge is -2.27. The van der Waals surface area contributed by atoms with Crippen LogP contribution in [0.3, 0.4) is 0 Å². The van der Waals surface area contributed by atoms with Gasteiger partial charge in [0.15, 0.2) is 0 Å². The average molecular weight is 266 g/mol. The summed E-state index contributed by atoms with van der Waals surface area (Å²) in [5.41, 5.74) is 0.889. The fourth-order valence-electron chi connectivity index (χ4n) is 2.81. The van der Waals surface area contributed by atoms with E-state index >= 15 is 0 Å². The van der Waals surface area contributed by atoms with Crippen LogP contribution in [0.2, 0.25) is 0 Å². The van der Waals surface area contributed by atoms with Gasteiger partial charge in [0.05, 0.1) is 18.0 Å². The van der Waals surface area contributed by atoms with Crippen molar-refractivity contribution in [3.05, 3.63) is 29.8 Å². The zero-order valence-corrected chi connectivity index (χ0v) is 11.5. The summed E-state index contributed by atoms with van der Waals surface area (Å²) in [6.45, 7) is 2.99. The Kier molecular flexibility index (Phi) is 5.28. The maximum absolute atomic E-state index is 12.9. The molecule has 1 saturated carbocycles. The lowest BCUT2D eigenvalue weighted by molar-refractivity contribution is 0.0995. The van der Waals surface area contributed by atoms with Crippen LogP contribution in [0.15, 0.2) is 18.3 Å². The van der Waals surface area contributed by atoms with Crippen LogP contribution in [-0.4, -0.2) is 22.7 Å². The molecule has 3 unspecified atom stereocenters. The number of halogens is 1. The predicted octanol–water partition coefficient (Wildman–Crippen LogP) is 2.81. The van der Waals surface area contributed by atoms with Gasteiger partial charge in [-0.2, -0.15) is 0 Å². The van der Waals surface area contributed by atoms with E-state index < -0.39 is 0 Å². The zero-order chi connectivity index (χ0) is 13.7. The van der Waals surface area contributed by atoms with E-state index in [1.807, 2.05) is 0 Å². The molecule has 1 aromatic rings. The van der Waals surface area contributed by atoms with Gasteiger partial charge in [-0.25, -0.2) is 4.39 Å². The van der Waals surface area contributed by atoms with Crippen LogP contribution in [-0.2, 0) is 0 Å². The molecule has 2 rings (SSSR count). The third-order valence-corrected chi connectivity index (χ3v) is 3.92. The molecule has 0 radical (unpaired) electrons. The quantitative estimate of drug-likeness (QED) is 0.861. The van der Waals surface area contributed by atoms with Gasteiger partial charge in [0.25, 0.3) is 0 Å². The van der Waals surface area contributed by atoms with Gasteiger partial charge in [-0.3, -0.25) is 4.98 Å². The van der Waals surface area contributed by atoms with Gasteiger partial charge in [-0.15, -0.1) is 0 Å². The van der Waals surface area contributed by atoms with Crippen LogP contribution < -0.4 is 5.32 Å². The second-order valence-electron chi connectivity index (χ2n) is 5.46. The highest BCUT2D eigenvalue weighted by Gasteiger charge is 2.21. The fraction of sp³-hybridized carbons (Fsp3) is 0.667. The Morgan fingerprint density at radius 2 is 2.32 bits per heavy atom. The van der Waals surface area contributed by atoms with Crippen molar-refractivity contribution >= 4 is 0 Å². The van der Waals surface area contributed by atoms with Gasteiger partial charge in [-0.1, -0.05) is 13.3 Å². The summed E-state index contributed by atoms with van der Waals surface area (Å²) in [5.74, 6) is 0.243. The summed E-state index contributed by atoms with van der Waals surface area (Å²) in [7, 11) is 0. The van der Waals surface area contributed by atoms with E-state index in [-0.39, 0.29) is 18.0 Å². The summed E-state index contributed by atoms with van der Waals surface area (Å²) in [5, 5.41) is 13.2. The zero-order valence-electron chi connectivity index (χ0n) is 11.5. The minimum Gasteiger partial charge on any atom is -0.393 e. The minimum absolute atomic E-state index is 0.135. The molecule has 0 spiro atoms. The molecular weight excluding hydrogens is 243 g/mol. The van der Waals surface area contributed by atoms with E-state index in [1.165, 1.54) is 18.7 Å². The summed E-state index contributed by atoms with van der Waals surface area (Å²) in [6, 6.07) is 3.36. The molecule has 3 atom stereocenters. The maximum Gasteiger partial charge on any atom is 0.141 e. The van der Waals surface area contributed by atoms with Gasteiger partial charge < -0.3 is 10.4 Å². The summed E-state index contributed by atoms with van der Waals surface area (Å²) < 4.78 is 12.9. The van der Waals surface area contributed by atoms with E-state index in [9.17, 15) is 9.50 Å². The number of aromatic nitrogens is 1. The molecule has 19 heavy (non-hydrogen) atoms. The molecule has 1 heterocycles. The molecule has 1 aromatic heterocycles. The van der Waals surface area contributed by atoms with Gasteiger partial charge in [0.1, 0.15) is 5.82 Å². The standard InChI is InChI=1S/C15H23FN2O/c1-2-14(15-7-6-12(16)10-18-15)17-9-11-4-3-5-13(19)8-11/h6-7,10-11,13-14,17,19H,2-5,8-9H2,1H3. The van der Waals surface area contributed by atoms with Crippen LogP contribution in [0, 0.1) is 11.7 Å². The monoisotopic (exact) mass is 266 g/mol. The van der Waals surface area contributed by atoms with Crippen LogP contribution >= 0.6 is 0 Å². The molecule has 0 bridgehead atoms. The van der Waals surface area contributed by atoms with E-state index in [0.717, 1.165) is 37.9 Å². The number of pyridine rings is 1. The van der Waals surface area contributed by atoms with Crippen molar-refractivity contribution in [3.63, 3.8) is 0 Å². The predicted molar refractivity (Wildman–Crippen MR) is 73.2 cm³/mol. The Morgan fingerprint density at radius 3 is 2.95 bits per heavy atom. The highest BCUT2D eigenvalue weighted by Crippen LogP contribution is 2.24. The molecule has 1 aliphatic carbocycles. The topological polar surface area (TPSA) is 45.1 Å². The molecular formula is C15H23FN2O. The molecule has 3 nitrogen and oxygen atoms in total. The van der Waals surface area contributed by atoms with Crippen molar-refractivity contribution in [1.82, 2.24) is 10.3 Å². The van der Waals surface area contributed by atoms with Gasteiger partial charge in [-0.05, 0) is 50.3 Å². The molecule has 0 aliphatic heterocycles. The van der Waals surface area contributed by atoms with Gasteiger partial charge >= 0.3 is 0 Å². The number of aliphatic hydroxyl groups excluding tert-OH is 1. The van der Waals surface area contributed by atoms with Crippen molar-refractivity contribution in [1.29, 1.82) is 0 Å². The van der Waals surface area contributed by atoms with E-state index in [2.05, 4.69) is 17.2 Å². The first kappa shape index (κ1) is 14.4. The average Bonchev–Trinajstić information content (AvgIpc) is 2.41. The molecule has 4 heteroatoms. The van der Waals surface area contributed by atoms with E-state index in [1.54, 1.807) is 6.07 Å². The van der Waals surface area contributed by atoms with Crippen molar-refractivity contribution in [2.75, 3.05) is 6.54 Å². The maximum atomic E-state index is 12.9. The molecule has 106 valence electrons. The number of rotatable bonds is 5. The smallest absolute Gasteiger partial charge is 0.141 e. The molecule has 0 aromatic carbocycles. The van der Waals surface area contributed by atoms with Gasteiger partial charge in [0.2, 0.25) is 0 Å². The Labute approximate surface area is 114 Å². The molecule has 1 aliphatic rings. The summed E-state index contributed by atoms with van der Waals surface area (Å²) >= 11 is 0. The Balaban J connectivity index is 1.87. The largest absolute Gasteiger partial charge is 0.393 e. The number of hydrogen-bond donors (Lipinski definition) is 2. The van der Waals surface area contributed by atoms with Crippen LogP contribution in [0.4, 0.5) is 4.39 Å². The third kappa shape index (κ3) is 4.25. The second-order valence-corrected chi connectivity index (χ2v) is 5.46. The van der Waals surface area contributed by atoms with E-state index in [0.29, 0.717) is 5.92 Å². The molecule has 0 amide bonds. The highest BCUT2D eigenvalue weighted by atomic mass is 19.1. The molecule has 2 N–H and O–H groups in total. The summed E-state index contributed by atoms with van der Waals surface area (Å²) in [6.07, 6.45) is 6.17. The van der Waals surface area contributed by atoms with Crippen LogP contribution in [0.1, 0.15) is 50.8 Å². The molecule has 0 saturated heterocycles. The lowest BCUT2D eigenvalue weighted by Crippen LogP contribution is -2.31.